The summed E-state index contributed by atoms with van der Waals surface area (Å²) in [6.45, 7) is 0.834. The first-order valence-corrected chi connectivity index (χ1v) is 14.0. The number of rotatable bonds is 7. The molecule has 0 aromatic heterocycles. The van der Waals surface area contributed by atoms with Crippen LogP contribution in [0.15, 0.2) is 97.1 Å². The van der Waals surface area contributed by atoms with Gasteiger partial charge in [0.1, 0.15) is 18.0 Å². The number of urea groups is 1. The molecule has 4 amide bonds. The summed E-state index contributed by atoms with van der Waals surface area (Å²) in [5.74, 6) is -0.651. The minimum absolute atomic E-state index is 0.0220. The molecule has 2 aliphatic rings. The molecule has 42 heavy (non-hydrogen) atoms. The third-order valence-electron chi connectivity index (χ3n) is 8.12. The molecule has 2 atom stereocenters. The van der Waals surface area contributed by atoms with Crippen molar-refractivity contribution < 1.29 is 18.8 Å². The van der Waals surface area contributed by atoms with Crippen molar-refractivity contribution in [3.8, 4) is 0 Å². The molecule has 214 valence electrons. The first kappa shape index (κ1) is 27.4. The molecule has 8 nitrogen and oxygen atoms in total. The van der Waals surface area contributed by atoms with E-state index in [1.807, 2.05) is 71.6 Å². The number of piperazine rings is 1. The number of carbonyl (C=O) groups is 3. The predicted molar refractivity (Wildman–Crippen MR) is 157 cm³/mol. The van der Waals surface area contributed by atoms with Crippen molar-refractivity contribution in [2.45, 2.75) is 31.7 Å². The van der Waals surface area contributed by atoms with Crippen molar-refractivity contribution in [3.05, 3.63) is 120 Å². The quantitative estimate of drug-likeness (QED) is 0.365. The summed E-state index contributed by atoms with van der Waals surface area (Å²) in [6.07, 6.45) is -0.136. The average Bonchev–Trinajstić information content (AvgIpc) is 3.34. The summed E-state index contributed by atoms with van der Waals surface area (Å²) in [5.41, 5.74) is 2.73. The second kappa shape index (κ2) is 11.6. The maximum Gasteiger partial charge on any atom is 0.332 e. The highest BCUT2D eigenvalue weighted by Gasteiger charge is 2.51. The summed E-state index contributed by atoms with van der Waals surface area (Å²) in [7, 11) is 1.62. The smallest absolute Gasteiger partial charge is 0.332 e. The minimum Gasteiger partial charge on any atom is -0.333 e. The lowest BCUT2D eigenvalue weighted by Crippen LogP contribution is -2.65. The monoisotopic (exact) mass is 565 g/mol. The number of hydrogen-bond acceptors (Lipinski definition) is 4. The molecule has 9 heteroatoms. The van der Waals surface area contributed by atoms with E-state index in [0.717, 1.165) is 27.5 Å². The van der Waals surface area contributed by atoms with Crippen molar-refractivity contribution in [1.82, 2.24) is 25.1 Å². The maximum absolute atomic E-state index is 14.0. The largest absolute Gasteiger partial charge is 0.333 e. The molecule has 2 heterocycles. The highest BCUT2D eigenvalue weighted by atomic mass is 19.1. The van der Waals surface area contributed by atoms with Gasteiger partial charge in [0.25, 0.3) is 0 Å². The minimum atomic E-state index is -0.700. The highest BCUT2D eigenvalue weighted by Crippen LogP contribution is 2.31. The molecule has 1 N–H and O–H groups in total. The van der Waals surface area contributed by atoms with Gasteiger partial charge in [0, 0.05) is 26.6 Å². The second-order valence-electron chi connectivity index (χ2n) is 10.8. The van der Waals surface area contributed by atoms with Crippen LogP contribution in [0.2, 0.25) is 0 Å². The molecular weight excluding hydrogens is 533 g/mol. The van der Waals surface area contributed by atoms with Crippen molar-refractivity contribution in [2.24, 2.45) is 0 Å². The van der Waals surface area contributed by atoms with Crippen LogP contribution in [0.5, 0.6) is 0 Å². The zero-order valence-electron chi connectivity index (χ0n) is 23.3. The Bertz CT molecular complexity index is 1610. The van der Waals surface area contributed by atoms with Crippen LogP contribution >= 0.6 is 0 Å². The van der Waals surface area contributed by atoms with E-state index in [-0.39, 0.29) is 37.3 Å². The maximum atomic E-state index is 14.0. The Labute approximate surface area is 243 Å². The highest BCUT2D eigenvalue weighted by molar-refractivity contribution is 5.92. The standard InChI is InChI=1S/C33H32FN5O3/c1-36(33(42)35-19-24-14-16-27(34)17-15-24)38-22-31(40)39-29(18-23-8-3-2-4-9-23)32(41)37(21-30(38)39)20-26-12-7-11-25-10-5-6-13-28(25)26/h2-17,29-30H,18-22H2,1H3,(H,35,42)/t29-,30+/m0/s1. The second-order valence-corrected chi connectivity index (χ2v) is 10.8. The Kier molecular flexibility index (Phi) is 7.58. The SMILES string of the molecule is CN(C(=O)NCc1ccc(F)cc1)N1CC(=O)N2[C@@H](Cc3ccccc3)C(=O)N(Cc3cccc4ccccc34)C[C@@H]21. The van der Waals surface area contributed by atoms with Gasteiger partial charge in [-0.15, -0.1) is 0 Å². The molecule has 0 radical (unpaired) electrons. The molecule has 4 aromatic carbocycles. The lowest BCUT2D eigenvalue weighted by molar-refractivity contribution is -0.157. The van der Waals surface area contributed by atoms with Crippen LogP contribution in [0.25, 0.3) is 10.8 Å². The number of hydrogen-bond donors (Lipinski definition) is 1. The number of nitrogens with zero attached hydrogens (tertiary/aromatic N) is 4. The van der Waals surface area contributed by atoms with E-state index >= 15 is 0 Å². The van der Waals surface area contributed by atoms with Gasteiger partial charge in [-0.2, -0.15) is 5.01 Å². The first-order valence-electron chi connectivity index (χ1n) is 14.0. The molecule has 2 fully saturated rings. The first-order chi connectivity index (χ1) is 20.4. The molecule has 4 aromatic rings. The van der Waals surface area contributed by atoms with Crippen molar-refractivity contribution in [1.29, 1.82) is 0 Å². The number of hydrazine groups is 1. The lowest BCUT2D eigenvalue weighted by atomic mass is 9.99. The Balaban J connectivity index is 1.27. The van der Waals surface area contributed by atoms with Crippen molar-refractivity contribution in [3.63, 3.8) is 0 Å². The number of fused-ring (bicyclic) bond motifs is 2. The predicted octanol–water partition coefficient (Wildman–Crippen LogP) is 4.16. The Morgan fingerprint density at radius 2 is 1.62 bits per heavy atom. The number of benzene rings is 4. The molecule has 6 rings (SSSR count). The summed E-state index contributed by atoms with van der Waals surface area (Å²) in [6, 6.07) is 28.7. The Morgan fingerprint density at radius 3 is 2.40 bits per heavy atom. The molecule has 0 bridgehead atoms. The Hall–Kier alpha value is -4.76. The third kappa shape index (κ3) is 5.43. The van der Waals surface area contributed by atoms with Gasteiger partial charge in [-0.3, -0.25) is 14.6 Å². The molecule has 2 aliphatic heterocycles. The van der Waals surface area contributed by atoms with Crippen LogP contribution in [-0.2, 0) is 29.1 Å². The van der Waals surface area contributed by atoms with Gasteiger partial charge in [0.05, 0.1) is 13.1 Å². The van der Waals surface area contributed by atoms with E-state index in [1.54, 1.807) is 29.1 Å². The van der Waals surface area contributed by atoms with Crippen LogP contribution < -0.4 is 5.32 Å². The van der Waals surface area contributed by atoms with E-state index in [2.05, 4.69) is 11.4 Å². The molecule has 0 spiro atoms. The number of halogens is 1. The number of amides is 4. The summed E-state index contributed by atoms with van der Waals surface area (Å²) >= 11 is 0. The van der Waals surface area contributed by atoms with Gasteiger partial charge in [-0.1, -0.05) is 84.9 Å². The van der Waals surface area contributed by atoms with Gasteiger partial charge in [0.15, 0.2) is 0 Å². The van der Waals surface area contributed by atoms with Gasteiger partial charge in [-0.25, -0.2) is 9.18 Å². The molecule has 2 saturated heterocycles. The van der Waals surface area contributed by atoms with Crippen molar-refractivity contribution >= 4 is 28.6 Å². The van der Waals surface area contributed by atoms with Crippen LogP contribution in [0.1, 0.15) is 16.7 Å². The zero-order valence-corrected chi connectivity index (χ0v) is 23.3. The normalized spacial score (nSPS) is 18.8. The van der Waals surface area contributed by atoms with E-state index in [4.69, 9.17) is 0 Å². The van der Waals surface area contributed by atoms with E-state index in [0.29, 0.717) is 13.0 Å². The number of nitrogens with one attached hydrogen (secondary N) is 1. The fourth-order valence-electron chi connectivity index (χ4n) is 5.93. The Morgan fingerprint density at radius 1 is 0.905 bits per heavy atom. The summed E-state index contributed by atoms with van der Waals surface area (Å²) in [5, 5.41) is 8.16. The topological polar surface area (TPSA) is 76.2 Å². The average molecular weight is 566 g/mol. The van der Waals surface area contributed by atoms with Crippen LogP contribution in [-0.4, -0.2) is 70.0 Å². The molecule has 0 unspecified atom stereocenters. The molecular formula is C33H32FN5O3. The lowest BCUT2D eigenvalue weighted by Gasteiger charge is -2.46. The van der Waals surface area contributed by atoms with Gasteiger partial charge >= 0.3 is 6.03 Å². The van der Waals surface area contributed by atoms with E-state index in [1.165, 1.54) is 17.1 Å². The van der Waals surface area contributed by atoms with Crippen molar-refractivity contribution in [2.75, 3.05) is 20.1 Å². The summed E-state index contributed by atoms with van der Waals surface area (Å²) < 4.78 is 13.3. The van der Waals surface area contributed by atoms with Crippen LogP contribution in [0.3, 0.4) is 0 Å². The summed E-state index contributed by atoms with van der Waals surface area (Å²) in [4.78, 5) is 44.2. The van der Waals surface area contributed by atoms with Crippen LogP contribution in [0.4, 0.5) is 9.18 Å². The van der Waals surface area contributed by atoms with Gasteiger partial charge < -0.3 is 15.1 Å². The zero-order chi connectivity index (χ0) is 29.2. The van der Waals surface area contributed by atoms with E-state index in [9.17, 15) is 18.8 Å². The number of carbonyl (C=O) groups excluding carboxylic acids is 3. The fraction of sp³-hybridized carbons (Fsp3) is 0.242. The molecule has 0 saturated carbocycles. The van der Waals surface area contributed by atoms with Crippen LogP contribution in [0, 0.1) is 5.82 Å². The van der Waals surface area contributed by atoms with Gasteiger partial charge in [-0.05, 0) is 39.6 Å². The van der Waals surface area contributed by atoms with E-state index < -0.39 is 18.2 Å². The third-order valence-corrected chi connectivity index (χ3v) is 8.12. The fourth-order valence-corrected chi connectivity index (χ4v) is 5.93. The molecule has 0 aliphatic carbocycles. The van der Waals surface area contributed by atoms with Gasteiger partial charge in [0.2, 0.25) is 11.8 Å².